The first kappa shape index (κ1) is 13.2. The number of benzene rings is 1. The molecule has 0 saturated carbocycles. The molecule has 0 amide bonds. The fourth-order valence-electron chi connectivity index (χ4n) is 2.08. The number of rotatable bonds is 5. The van der Waals surface area contributed by atoms with Crippen molar-refractivity contribution in [2.45, 2.75) is 13.1 Å². The predicted molar refractivity (Wildman–Crippen MR) is 78.0 cm³/mol. The maximum absolute atomic E-state index is 8.69. The lowest BCUT2D eigenvalue weighted by Crippen LogP contribution is -2.11. The van der Waals surface area contributed by atoms with Crippen LogP contribution in [-0.4, -0.2) is 10.2 Å². The van der Waals surface area contributed by atoms with Crippen molar-refractivity contribution in [3.05, 3.63) is 65.7 Å². The molecule has 0 unspecified atom stereocenters. The van der Waals surface area contributed by atoms with Crippen LogP contribution in [0.1, 0.15) is 17.1 Å². The second-order valence-corrected chi connectivity index (χ2v) is 4.65. The first-order valence-electron chi connectivity index (χ1n) is 6.63. The highest BCUT2D eigenvalue weighted by molar-refractivity contribution is 5.58. The molecule has 2 aromatic heterocycles. The Labute approximate surface area is 122 Å². The van der Waals surface area contributed by atoms with Crippen molar-refractivity contribution in [1.29, 1.82) is 5.26 Å². The summed E-state index contributed by atoms with van der Waals surface area (Å²) >= 11 is 0. The molecule has 0 saturated heterocycles. The van der Waals surface area contributed by atoms with Gasteiger partial charge in [0.2, 0.25) is 5.76 Å². The zero-order valence-electron chi connectivity index (χ0n) is 11.3. The fourth-order valence-corrected chi connectivity index (χ4v) is 2.08. The highest BCUT2D eigenvalue weighted by atomic mass is 16.3. The van der Waals surface area contributed by atoms with Gasteiger partial charge in [-0.25, -0.2) is 0 Å². The summed E-state index contributed by atoms with van der Waals surface area (Å²) < 4.78 is 5.30. The van der Waals surface area contributed by atoms with Crippen molar-refractivity contribution in [3.63, 3.8) is 0 Å². The van der Waals surface area contributed by atoms with Crippen molar-refractivity contribution in [2.75, 3.05) is 0 Å². The van der Waals surface area contributed by atoms with E-state index in [9.17, 15) is 0 Å². The molecule has 0 radical (unpaired) electrons. The SMILES string of the molecule is N#Cc1ccc(CNCc2ccc(-c3ccn[nH]3)cc2)o1. The van der Waals surface area contributed by atoms with E-state index in [0.717, 1.165) is 23.6 Å². The van der Waals surface area contributed by atoms with Crippen molar-refractivity contribution in [2.24, 2.45) is 0 Å². The number of hydrogen-bond donors (Lipinski definition) is 2. The minimum atomic E-state index is 0.343. The first-order valence-corrected chi connectivity index (χ1v) is 6.63. The summed E-state index contributed by atoms with van der Waals surface area (Å²) in [7, 11) is 0. The number of nitrogens with one attached hydrogen (secondary N) is 2. The van der Waals surface area contributed by atoms with Crippen LogP contribution in [0.2, 0.25) is 0 Å². The van der Waals surface area contributed by atoms with E-state index in [2.05, 4.69) is 39.8 Å². The lowest BCUT2D eigenvalue weighted by molar-refractivity contribution is 0.474. The molecule has 3 rings (SSSR count). The summed E-state index contributed by atoms with van der Waals surface area (Å²) in [4.78, 5) is 0. The molecule has 2 N–H and O–H groups in total. The fraction of sp³-hybridized carbons (Fsp3) is 0.125. The Kier molecular flexibility index (Phi) is 3.81. The number of aromatic nitrogens is 2. The Balaban J connectivity index is 1.55. The van der Waals surface area contributed by atoms with Crippen LogP contribution in [0.25, 0.3) is 11.3 Å². The summed E-state index contributed by atoms with van der Waals surface area (Å²) in [5, 5.41) is 18.9. The van der Waals surface area contributed by atoms with E-state index in [1.165, 1.54) is 5.56 Å². The molecule has 2 heterocycles. The minimum Gasteiger partial charge on any atom is -0.449 e. The normalized spacial score (nSPS) is 10.4. The third-order valence-electron chi connectivity index (χ3n) is 3.17. The molecular weight excluding hydrogens is 264 g/mol. The summed E-state index contributed by atoms with van der Waals surface area (Å²) in [6.45, 7) is 1.34. The first-order chi connectivity index (χ1) is 10.3. The van der Waals surface area contributed by atoms with Crippen LogP contribution in [0, 0.1) is 11.3 Å². The van der Waals surface area contributed by atoms with Gasteiger partial charge in [-0.05, 0) is 29.3 Å². The summed E-state index contributed by atoms with van der Waals surface area (Å²) in [5.74, 6) is 1.11. The van der Waals surface area contributed by atoms with Gasteiger partial charge >= 0.3 is 0 Å². The Morgan fingerprint density at radius 2 is 1.95 bits per heavy atom. The zero-order chi connectivity index (χ0) is 14.5. The molecule has 1 aromatic carbocycles. The van der Waals surface area contributed by atoms with Crippen LogP contribution in [0.15, 0.2) is 53.1 Å². The quantitative estimate of drug-likeness (QED) is 0.752. The molecular formula is C16H14N4O. The lowest BCUT2D eigenvalue weighted by atomic mass is 10.1. The van der Waals surface area contributed by atoms with Gasteiger partial charge in [0.25, 0.3) is 0 Å². The van der Waals surface area contributed by atoms with Gasteiger partial charge in [-0.1, -0.05) is 24.3 Å². The second-order valence-electron chi connectivity index (χ2n) is 4.65. The van der Waals surface area contributed by atoms with Crippen molar-refractivity contribution < 1.29 is 4.42 Å². The summed E-state index contributed by atoms with van der Waals surface area (Å²) in [5.41, 5.74) is 3.31. The number of hydrogen-bond acceptors (Lipinski definition) is 4. The standard InChI is InChI=1S/C16H14N4O/c17-9-14-5-6-15(21-14)11-18-10-12-1-3-13(4-2-12)16-7-8-19-20-16/h1-8,18H,10-11H2,(H,19,20). The van der Waals surface area contributed by atoms with E-state index in [1.54, 1.807) is 12.3 Å². The third kappa shape index (κ3) is 3.19. The van der Waals surface area contributed by atoms with Gasteiger partial charge in [-0.3, -0.25) is 5.10 Å². The maximum Gasteiger partial charge on any atom is 0.203 e. The van der Waals surface area contributed by atoms with Gasteiger partial charge in [-0.2, -0.15) is 10.4 Å². The molecule has 0 aliphatic rings. The van der Waals surface area contributed by atoms with Gasteiger partial charge in [-0.15, -0.1) is 0 Å². The van der Waals surface area contributed by atoms with E-state index in [-0.39, 0.29) is 0 Å². The van der Waals surface area contributed by atoms with Crippen molar-refractivity contribution in [3.8, 4) is 17.3 Å². The molecule has 0 aliphatic heterocycles. The Hall–Kier alpha value is -2.84. The van der Waals surface area contributed by atoms with E-state index in [0.29, 0.717) is 12.3 Å². The molecule has 0 spiro atoms. The van der Waals surface area contributed by atoms with Crippen molar-refractivity contribution in [1.82, 2.24) is 15.5 Å². The Bertz CT molecular complexity index is 735. The van der Waals surface area contributed by atoms with Crippen molar-refractivity contribution >= 4 is 0 Å². The smallest absolute Gasteiger partial charge is 0.203 e. The monoisotopic (exact) mass is 278 g/mol. The molecule has 5 nitrogen and oxygen atoms in total. The largest absolute Gasteiger partial charge is 0.449 e. The number of nitriles is 1. The van der Waals surface area contributed by atoms with E-state index in [1.807, 2.05) is 18.2 Å². The van der Waals surface area contributed by atoms with Gasteiger partial charge < -0.3 is 9.73 Å². The van der Waals surface area contributed by atoms with E-state index in [4.69, 9.17) is 9.68 Å². The topological polar surface area (TPSA) is 77.6 Å². The molecule has 0 bridgehead atoms. The van der Waals surface area contributed by atoms with Gasteiger partial charge in [0.05, 0.1) is 12.2 Å². The zero-order valence-corrected chi connectivity index (χ0v) is 11.3. The molecule has 0 fully saturated rings. The van der Waals surface area contributed by atoms with Crippen LogP contribution in [-0.2, 0) is 13.1 Å². The predicted octanol–water partition coefficient (Wildman–Crippen LogP) is 2.83. The van der Waals surface area contributed by atoms with Crippen LogP contribution in [0.4, 0.5) is 0 Å². The van der Waals surface area contributed by atoms with Crippen LogP contribution < -0.4 is 5.32 Å². The number of nitrogens with zero attached hydrogens (tertiary/aromatic N) is 2. The van der Waals surface area contributed by atoms with Gasteiger partial charge in [0, 0.05) is 12.7 Å². The Morgan fingerprint density at radius 3 is 2.62 bits per heavy atom. The Morgan fingerprint density at radius 1 is 1.10 bits per heavy atom. The molecule has 3 aromatic rings. The third-order valence-corrected chi connectivity index (χ3v) is 3.17. The second kappa shape index (κ2) is 6.07. The molecule has 0 aliphatic carbocycles. The number of furan rings is 1. The molecule has 21 heavy (non-hydrogen) atoms. The average molecular weight is 278 g/mol. The number of aromatic amines is 1. The maximum atomic E-state index is 8.69. The lowest BCUT2D eigenvalue weighted by Gasteiger charge is -2.04. The highest BCUT2D eigenvalue weighted by Crippen LogP contribution is 2.16. The highest BCUT2D eigenvalue weighted by Gasteiger charge is 2.02. The molecule has 0 atom stereocenters. The molecule has 5 heteroatoms. The summed E-state index contributed by atoms with van der Waals surface area (Å²) in [6, 6.07) is 15.7. The molecule has 104 valence electrons. The van der Waals surface area contributed by atoms with Gasteiger partial charge in [0.1, 0.15) is 11.8 Å². The minimum absolute atomic E-state index is 0.343. The van der Waals surface area contributed by atoms with Crippen LogP contribution in [0.3, 0.4) is 0 Å². The average Bonchev–Trinajstić information content (AvgIpc) is 3.19. The van der Waals surface area contributed by atoms with E-state index >= 15 is 0 Å². The van der Waals surface area contributed by atoms with Gasteiger partial charge in [0.15, 0.2) is 0 Å². The van der Waals surface area contributed by atoms with E-state index < -0.39 is 0 Å². The van der Waals surface area contributed by atoms with Crippen LogP contribution >= 0.6 is 0 Å². The number of H-pyrrole nitrogens is 1. The van der Waals surface area contributed by atoms with Crippen LogP contribution in [0.5, 0.6) is 0 Å². The summed E-state index contributed by atoms with van der Waals surface area (Å²) in [6.07, 6.45) is 1.74.